The topological polar surface area (TPSA) is 64.6 Å². The van der Waals surface area contributed by atoms with Gasteiger partial charge in [0.05, 0.1) is 5.56 Å². The van der Waals surface area contributed by atoms with E-state index in [4.69, 9.17) is 20.9 Å². The summed E-state index contributed by atoms with van der Waals surface area (Å²) in [6.45, 7) is 2.08. The molecule has 0 saturated heterocycles. The molecule has 2 atom stereocenters. The van der Waals surface area contributed by atoms with Crippen molar-refractivity contribution in [3.63, 3.8) is 0 Å². The van der Waals surface area contributed by atoms with Crippen molar-refractivity contribution in [2.24, 2.45) is 0 Å². The van der Waals surface area contributed by atoms with Gasteiger partial charge < -0.3 is 9.26 Å². The molecule has 10 heteroatoms. The number of esters is 1. The Hall–Kier alpha value is -2.02. The smallest absolute Gasteiger partial charge is 0.416 e. The molecule has 0 amide bonds. The molecule has 0 radical (unpaired) electrons. The predicted molar refractivity (Wildman–Crippen MR) is 99.4 cm³/mol. The van der Waals surface area contributed by atoms with Gasteiger partial charge in [0.1, 0.15) is 18.4 Å². The van der Waals surface area contributed by atoms with Crippen LogP contribution < -0.4 is 9.61 Å². The minimum atomic E-state index is -4.56. The molecule has 0 aliphatic carbocycles. The molecule has 5 nitrogen and oxygen atoms in total. The first-order valence-electron chi connectivity index (χ1n) is 8.10. The van der Waals surface area contributed by atoms with Crippen LogP contribution in [0.3, 0.4) is 0 Å². The van der Waals surface area contributed by atoms with E-state index in [0.717, 1.165) is 6.07 Å². The molecule has 0 spiro atoms. The summed E-state index contributed by atoms with van der Waals surface area (Å²) in [7, 11) is -3.45. The van der Waals surface area contributed by atoms with Crippen molar-refractivity contribution in [1.82, 2.24) is 5.09 Å². The largest absolute Gasteiger partial charge is 0.460 e. The molecule has 0 bridgehead atoms. The van der Waals surface area contributed by atoms with E-state index in [1.165, 1.54) is 43.9 Å². The van der Waals surface area contributed by atoms with Crippen LogP contribution in [-0.4, -0.2) is 18.7 Å². The Morgan fingerprint density at radius 2 is 1.79 bits per heavy atom. The van der Waals surface area contributed by atoms with Gasteiger partial charge in [0, 0.05) is 17.3 Å². The van der Waals surface area contributed by atoms with Crippen LogP contribution in [0.2, 0.25) is 5.02 Å². The number of benzene rings is 2. The number of ether oxygens (including phenoxy) is 1. The molecule has 28 heavy (non-hydrogen) atoms. The number of carbonyl (C=O) groups is 1. The summed E-state index contributed by atoms with van der Waals surface area (Å²) in [5.74, 6) is -0.582. The zero-order chi connectivity index (χ0) is 20.9. The van der Waals surface area contributed by atoms with Crippen molar-refractivity contribution in [1.29, 1.82) is 0 Å². The van der Waals surface area contributed by atoms with E-state index in [-0.39, 0.29) is 11.3 Å². The molecular formula is C18H18ClF3NO4P. The van der Waals surface area contributed by atoms with Crippen molar-refractivity contribution in [2.45, 2.75) is 25.7 Å². The van der Waals surface area contributed by atoms with E-state index >= 15 is 0 Å². The van der Waals surface area contributed by atoms with Gasteiger partial charge in [0.15, 0.2) is 0 Å². The SMILES string of the molecule is C[C@H](NP(C)(=O)Oc1ccc(Cl)cc1)C(=O)OCc1ccccc1C(F)(F)F. The van der Waals surface area contributed by atoms with Crippen LogP contribution in [0.5, 0.6) is 5.75 Å². The van der Waals surface area contributed by atoms with Gasteiger partial charge in [0.2, 0.25) is 0 Å². The van der Waals surface area contributed by atoms with E-state index < -0.39 is 37.9 Å². The Morgan fingerprint density at radius 3 is 2.39 bits per heavy atom. The molecule has 0 aliphatic rings. The van der Waals surface area contributed by atoms with Crippen LogP contribution in [0.15, 0.2) is 48.5 Å². The maximum atomic E-state index is 13.0. The number of nitrogens with one attached hydrogen (secondary N) is 1. The van der Waals surface area contributed by atoms with Gasteiger partial charge in [-0.05, 0) is 37.3 Å². The number of carbonyl (C=O) groups excluding carboxylic acids is 1. The summed E-state index contributed by atoms with van der Waals surface area (Å²) in [5, 5.41) is 2.98. The van der Waals surface area contributed by atoms with Crippen LogP contribution in [-0.2, 0) is 26.9 Å². The lowest BCUT2D eigenvalue weighted by Crippen LogP contribution is -2.34. The molecule has 1 unspecified atom stereocenters. The van der Waals surface area contributed by atoms with Crippen molar-refractivity contribution >= 4 is 25.1 Å². The molecule has 0 aliphatic heterocycles. The molecular weight excluding hydrogens is 418 g/mol. The minimum absolute atomic E-state index is 0.173. The molecule has 0 heterocycles. The average molecular weight is 436 g/mol. The first kappa shape index (κ1) is 22.3. The normalized spacial score (nSPS) is 14.8. The van der Waals surface area contributed by atoms with Crippen LogP contribution >= 0.6 is 19.1 Å². The van der Waals surface area contributed by atoms with Gasteiger partial charge in [-0.2, -0.15) is 13.2 Å². The fraction of sp³-hybridized carbons (Fsp3) is 0.278. The Morgan fingerprint density at radius 1 is 1.18 bits per heavy atom. The summed E-state index contributed by atoms with van der Waals surface area (Å²) < 4.78 is 61.7. The highest BCUT2D eigenvalue weighted by atomic mass is 35.5. The van der Waals surface area contributed by atoms with E-state index in [1.807, 2.05) is 0 Å². The second-order valence-electron chi connectivity index (χ2n) is 6.00. The van der Waals surface area contributed by atoms with Crippen LogP contribution in [0.4, 0.5) is 13.2 Å². The van der Waals surface area contributed by atoms with Gasteiger partial charge in [-0.3, -0.25) is 9.36 Å². The monoisotopic (exact) mass is 435 g/mol. The standard InChI is InChI=1S/C18H18ClF3NO4P/c1-12(23-28(2,25)27-15-9-7-14(19)8-10-15)17(24)26-11-13-5-3-4-6-16(13)18(20,21)22/h3-10,12H,11H2,1-2H3,(H,23,25)/t12-,28?/m0/s1. The van der Waals surface area contributed by atoms with Gasteiger partial charge in [0.25, 0.3) is 0 Å². The van der Waals surface area contributed by atoms with Crippen molar-refractivity contribution in [2.75, 3.05) is 6.66 Å². The van der Waals surface area contributed by atoms with E-state index in [9.17, 15) is 22.5 Å². The van der Waals surface area contributed by atoms with E-state index in [0.29, 0.717) is 5.02 Å². The summed E-state index contributed by atoms with van der Waals surface area (Å²) in [4.78, 5) is 12.1. The molecule has 152 valence electrons. The second kappa shape index (κ2) is 8.99. The van der Waals surface area contributed by atoms with Crippen LogP contribution in [0.1, 0.15) is 18.1 Å². The number of alkyl halides is 3. The number of hydrogen-bond donors (Lipinski definition) is 1. The summed E-state index contributed by atoms with van der Waals surface area (Å²) in [5.41, 5.74) is -1.05. The van der Waals surface area contributed by atoms with Crippen molar-refractivity contribution < 1.29 is 31.8 Å². The highest BCUT2D eigenvalue weighted by Gasteiger charge is 2.33. The molecule has 2 aromatic carbocycles. The molecule has 2 aromatic rings. The van der Waals surface area contributed by atoms with Gasteiger partial charge in [-0.1, -0.05) is 29.8 Å². The lowest BCUT2D eigenvalue weighted by Gasteiger charge is -2.20. The molecule has 0 fully saturated rings. The first-order valence-corrected chi connectivity index (χ1v) is 10.5. The number of hydrogen-bond acceptors (Lipinski definition) is 4. The minimum Gasteiger partial charge on any atom is -0.460 e. The molecule has 0 aromatic heterocycles. The highest BCUT2D eigenvalue weighted by Crippen LogP contribution is 2.39. The third-order valence-corrected chi connectivity index (χ3v) is 5.24. The Kier molecular flexibility index (Phi) is 7.15. The zero-order valence-corrected chi connectivity index (χ0v) is 16.6. The van der Waals surface area contributed by atoms with E-state index in [2.05, 4.69) is 5.09 Å². The number of halogens is 4. The van der Waals surface area contributed by atoms with Gasteiger partial charge in [-0.25, -0.2) is 5.09 Å². The van der Waals surface area contributed by atoms with Crippen LogP contribution in [0, 0.1) is 0 Å². The summed E-state index contributed by atoms with van der Waals surface area (Å²) in [6, 6.07) is 9.85. The van der Waals surface area contributed by atoms with Crippen molar-refractivity contribution in [3.8, 4) is 5.75 Å². The van der Waals surface area contributed by atoms with Gasteiger partial charge in [-0.15, -0.1) is 0 Å². The number of rotatable bonds is 7. The fourth-order valence-electron chi connectivity index (χ4n) is 2.32. The zero-order valence-electron chi connectivity index (χ0n) is 15.0. The molecule has 2 rings (SSSR count). The van der Waals surface area contributed by atoms with E-state index in [1.54, 1.807) is 12.1 Å². The Bertz CT molecular complexity index is 874. The van der Waals surface area contributed by atoms with Crippen molar-refractivity contribution in [3.05, 3.63) is 64.7 Å². The molecule has 0 saturated carbocycles. The third kappa shape index (κ3) is 6.55. The third-order valence-electron chi connectivity index (χ3n) is 3.57. The maximum absolute atomic E-state index is 13.0. The summed E-state index contributed by atoms with van der Waals surface area (Å²) >= 11 is 5.76. The van der Waals surface area contributed by atoms with Gasteiger partial charge >= 0.3 is 19.7 Å². The lowest BCUT2D eigenvalue weighted by molar-refractivity contribution is -0.149. The lowest BCUT2D eigenvalue weighted by atomic mass is 10.1. The maximum Gasteiger partial charge on any atom is 0.416 e. The predicted octanol–water partition coefficient (Wildman–Crippen LogP) is 5.28. The van der Waals surface area contributed by atoms with Crippen LogP contribution in [0.25, 0.3) is 0 Å². The summed E-state index contributed by atoms with van der Waals surface area (Å²) in [6.07, 6.45) is -4.56. The quantitative estimate of drug-likeness (QED) is 0.473. The Balaban J connectivity index is 1.96. The Labute approximate surface area is 165 Å². The second-order valence-corrected chi connectivity index (χ2v) is 8.57. The fourth-order valence-corrected chi connectivity index (χ4v) is 3.84. The average Bonchev–Trinajstić information content (AvgIpc) is 2.60. The molecule has 1 N–H and O–H groups in total. The highest BCUT2D eigenvalue weighted by molar-refractivity contribution is 7.56. The first-order chi connectivity index (χ1) is 13.0.